The number of carbonyl (C=O) groups excluding carboxylic acids is 2. The summed E-state index contributed by atoms with van der Waals surface area (Å²) < 4.78 is 11.2. The van der Waals surface area contributed by atoms with E-state index in [1.807, 2.05) is 55.5 Å². The fourth-order valence-corrected chi connectivity index (χ4v) is 4.53. The number of hydrogen-bond acceptors (Lipinski definition) is 5. The lowest BCUT2D eigenvalue weighted by Gasteiger charge is -2.27. The van der Waals surface area contributed by atoms with Gasteiger partial charge in [0.1, 0.15) is 0 Å². The first-order valence-electron chi connectivity index (χ1n) is 10.6. The molecule has 34 heavy (non-hydrogen) atoms. The number of rotatable bonds is 5. The molecule has 1 N–H and O–H groups in total. The SMILES string of the molecule is COc1cc(Cl)cc2cc(C(=O)C3=C(O)C(=O)N(c4cccc(C)c4)C3c3ccccc3)oc12. The molecule has 1 unspecified atom stereocenters. The summed E-state index contributed by atoms with van der Waals surface area (Å²) in [6, 6.07) is 20.4. The maximum Gasteiger partial charge on any atom is 0.294 e. The number of aryl methyl sites for hydroxylation is 1. The predicted octanol–water partition coefficient (Wildman–Crippen LogP) is 6.19. The van der Waals surface area contributed by atoms with Crippen LogP contribution in [0.5, 0.6) is 5.75 Å². The molecule has 1 atom stereocenters. The Morgan fingerprint density at radius 3 is 2.53 bits per heavy atom. The molecule has 0 fully saturated rings. The fourth-order valence-electron chi connectivity index (χ4n) is 4.31. The molecule has 1 aromatic heterocycles. The van der Waals surface area contributed by atoms with Crippen LogP contribution in [0.1, 0.15) is 27.7 Å². The lowest BCUT2D eigenvalue weighted by molar-refractivity contribution is -0.117. The third-order valence-corrected chi connectivity index (χ3v) is 6.06. The highest BCUT2D eigenvalue weighted by Gasteiger charge is 2.45. The molecule has 3 aromatic carbocycles. The number of methoxy groups -OCH3 is 1. The van der Waals surface area contributed by atoms with E-state index in [4.69, 9.17) is 20.8 Å². The lowest BCUT2D eigenvalue weighted by atomic mass is 9.94. The number of fused-ring (bicyclic) bond motifs is 1. The Morgan fingerprint density at radius 1 is 1.06 bits per heavy atom. The van der Waals surface area contributed by atoms with Gasteiger partial charge in [-0.25, -0.2) is 0 Å². The van der Waals surface area contributed by atoms with Crippen molar-refractivity contribution in [3.63, 3.8) is 0 Å². The summed E-state index contributed by atoms with van der Waals surface area (Å²) in [4.78, 5) is 28.4. The van der Waals surface area contributed by atoms with Gasteiger partial charge in [-0.3, -0.25) is 14.5 Å². The fraction of sp³-hybridized carbons (Fsp3) is 0.111. The topological polar surface area (TPSA) is 80.0 Å². The summed E-state index contributed by atoms with van der Waals surface area (Å²) in [7, 11) is 1.48. The van der Waals surface area contributed by atoms with E-state index in [1.54, 1.807) is 18.2 Å². The summed E-state index contributed by atoms with van der Waals surface area (Å²) in [5.41, 5.74) is 2.50. The molecule has 0 saturated heterocycles. The van der Waals surface area contributed by atoms with Gasteiger partial charge in [0.05, 0.1) is 18.7 Å². The van der Waals surface area contributed by atoms with Crippen LogP contribution in [0, 0.1) is 6.92 Å². The van der Waals surface area contributed by atoms with Crippen molar-refractivity contribution in [2.24, 2.45) is 0 Å². The van der Waals surface area contributed by atoms with Crippen molar-refractivity contribution in [3.05, 3.63) is 106 Å². The van der Waals surface area contributed by atoms with Crippen LogP contribution in [-0.2, 0) is 4.79 Å². The Balaban J connectivity index is 1.66. The van der Waals surface area contributed by atoms with Gasteiger partial charge in [0.2, 0.25) is 5.78 Å². The maximum absolute atomic E-state index is 13.7. The van der Waals surface area contributed by atoms with Gasteiger partial charge < -0.3 is 14.3 Å². The van der Waals surface area contributed by atoms with E-state index in [0.29, 0.717) is 33.0 Å². The number of hydrogen-bond donors (Lipinski definition) is 1. The average molecular weight is 474 g/mol. The van der Waals surface area contributed by atoms with Crippen molar-refractivity contribution in [2.45, 2.75) is 13.0 Å². The monoisotopic (exact) mass is 473 g/mol. The molecule has 2 heterocycles. The second-order valence-electron chi connectivity index (χ2n) is 8.06. The van der Waals surface area contributed by atoms with E-state index >= 15 is 0 Å². The highest BCUT2D eigenvalue weighted by atomic mass is 35.5. The summed E-state index contributed by atoms with van der Waals surface area (Å²) in [5, 5.41) is 11.9. The second kappa shape index (κ2) is 8.39. The highest BCUT2D eigenvalue weighted by Crippen LogP contribution is 2.43. The molecule has 1 aliphatic heterocycles. The van der Waals surface area contributed by atoms with Crippen LogP contribution in [0.15, 0.2) is 88.5 Å². The number of anilines is 1. The number of furan rings is 1. The van der Waals surface area contributed by atoms with Crippen LogP contribution >= 0.6 is 11.6 Å². The van der Waals surface area contributed by atoms with E-state index in [-0.39, 0.29) is 11.3 Å². The minimum absolute atomic E-state index is 0.0306. The minimum Gasteiger partial charge on any atom is -0.503 e. The van der Waals surface area contributed by atoms with Crippen molar-refractivity contribution in [2.75, 3.05) is 12.0 Å². The smallest absolute Gasteiger partial charge is 0.294 e. The Labute approximate surface area is 200 Å². The molecule has 1 aliphatic rings. The first kappa shape index (κ1) is 21.8. The molecule has 0 bridgehead atoms. The van der Waals surface area contributed by atoms with Crippen LogP contribution in [0.2, 0.25) is 5.02 Å². The quantitative estimate of drug-likeness (QED) is 0.350. The Kier molecular flexibility index (Phi) is 5.38. The summed E-state index contributed by atoms with van der Waals surface area (Å²) in [5.74, 6) is -1.50. The number of nitrogens with zero attached hydrogens (tertiary/aromatic N) is 1. The van der Waals surface area contributed by atoms with E-state index in [2.05, 4.69) is 0 Å². The molecule has 170 valence electrons. The van der Waals surface area contributed by atoms with E-state index in [1.165, 1.54) is 18.1 Å². The Hall–Kier alpha value is -4.03. The maximum atomic E-state index is 13.7. The van der Waals surface area contributed by atoms with Gasteiger partial charge in [-0.15, -0.1) is 0 Å². The zero-order valence-electron chi connectivity index (χ0n) is 18.4. The molecule has 6 nitrogen and oxygen atoms in total. The van der Waals surface area contributed by atoms with Gasteiger partial charge in [0, 0.05) is 22.2 Å². The van der Waals surface area contributed by atoms with Crippen LogP contribution in [0.25, 0.3) is 11.0 Å². The molecule has 0 spiro atoms. The van der Waals surface area contributed by atoms with E-state index < -0.39 is 23.5 Å². The number of carbonyl (C=O) groups is 2. The van der Waals surface area contributed by atoms with Gasteiger partial charge in [0.25, 0.3) is 5.91 Å². The molecule has 0 radical (unpaired) electrons. The molecule has 0 aliphatic carbocycles. The first-order valence-corrected chi connectivity index (χ1v) is 11.0. The van der Waals surface area contributed by atoms with Crippen molar-refractivity contribution in [1.29, 1.82) is 0 Å². The number of benzene rings is 3. The van der Waals surface area contributed by atoms with Crippen LogP contribution in [0.3, 0.4) is 0 Å². The van der Waals surface area contributed by atoms with Crippen molar-refractivity contribution < 1.29 is 23.8 Å². The van der Waals surface area contributed by atoms with Gasteiger partial charge >= 0.3 is 0 Å². The zero-order valence-corrected chi connectivity index (χ0v) is 19.2. The van der Waals surface area contributed by atoms with Crippen molar-refractivity contribution >= 4 is 39.9 Å². The first-order chi connectivity index (χ1) is 16.4. The molecule has 7 heteroatoms. The standard InChI is InChI=1S/C27H20ClNO5/c1-15-7-6-10-19(11-15)29-23(16-8-4-3-5-9-16)22(25(31)27(29)32)24(30)20-13-17-12-18(28)14-21(33-2)26(17)34-20/h3-14,23,31H,1-2H3. The number of amides is 1. The number of aliphatic hydroxyl groups is 1. The van der Waals surface area contributed by atoms with E-state index in [0.717, 1.165) is 5.56 Å². The molecular weight excluding hydrogens is 454 g/mol. The minimum atomic E-state index is -0.832. The van der Waals surface area contributed by atoms with Crippen LogP contribution in [0.4, 0.5) is 5.69 Å². The predicted molar refractivity (Wildman–Crippen MR) is 130 cm³/mol. The third-order valence-electron chi connectivity index (χ3n) is 5.84. The number of aliphatic hydroxyl groups excluding tert-OH is 1. The molecular formula is C27H20ClNO5. The summed E-state index contributed by atoms with van der Waals surface area (Å²) in [6.45, 7) is 1.91. The second-order valence-corrected chi connectivity index (χ2v) is 8.49. The normalized spacial score (nSPS) is 15.9. The van der Waals surface area contributed by atoms with Gasteiger partial charge in [-0.05, 0) is 42.3 Å². The Morgan fingerprint density at radius 2 is 1.82 bits per heavy atom. The largest absolute Gasteiger partial charge is 0.503 e. The highest BCUT2D eigenvalue weighted by molar-refractivity contribution is 6.31. The zero-order chi connectivity index (χ0) is 24.0. The third kappa shape index (κ3) is 3.53. The number of ether oxygens (including phenoxy) is 1. The van der Waals surface area contributed by atoms with Crippen molar-refractivity contribution in [3.8, 4) is 5.75 Å². The molecule has 0 saturated carbocycles. The van der Waals surface area contributed by atoms with Crippen molar-refractivity contribution in [1.82, 2.24) is 0 Å². The molecule has 5 rings (SSSR count). The average Bonchev–Trinajstić information content (AvgIpc) is 3.37. The molecule has 1 amide bonds. The Bertz CT molecular complexity index is 1470. The van der Waals surface area contributed by atoms with Crippen LogP contribution in [-0.4, -0.2) is 23.9 Å². The number of Topliss-reactive ketones (excluding diaryl/α,β-unsaturated/α-hetero) is 1. The van der Waals surface area contributed by atoms with Gasteiger partial charge in [-0.1, -0.05) is 54.1 Å². The summed E-state index contributed by atoms with van der Waals surface area (Å²) >= 11 is 6.16. The summed E-state index contributed by atoms with van der Waals surface area (Å²) in [6.07, 6.45) is 0. The lowest BCUT2D eigenvalue weighted by Crippen LogP contribution is -2.31. The van der Waals surface area contributed by atoms with Crippen LogP contribution < -0.4 is 9.64 Å². The van der Waals surface area contributed by atoms with Gasteiger partial charge in [-0.2, -0.15) is 0 Å². The number of ketones is 1. The molecule has 4 aromatic rings. The van der Waals surface area contributed by atoms with Gasteiger partial charge in [0.15, 0.2) is 22.9 Å². The number of halogens is 1. The van der Waals surface area contributed by atoms with E-state index in [9.17, 15) is 14.7 Å².